The number of benzene rings is 1. The summed E-state index contributed by atoms with van der Waals surface area (Å²) in [5, 5.41) is 9.20. The van der Waals surface area contributed by atoms with Crippen LogP contribution in [-0.2, 0) is 5.75 Å². The second kappa shape index (κ2) is 6.91. The van der Waals surface area contributed by atoms with Crippen molar-refractivity contribution in [1.29, 1.82) is 0 Å². The molecule has 0 spiro atoms. The lowest BCUT2D eigenvalue weighted by Crippen LogP contribution is -2.15. The number of carbonyl (C=O) groups is 1. The van der Waals surface area contributed by atoms with Crippen LogP contribution in [0.5, 0.6) is 0 Å². The Labute approximate surface area is 135 Å². The average Bonchev–Trinajstić information content (AvgIpc) is 2.49. The van der Waals surface area contributed by atoms with Crippen molar-refractivity contribution in [2.45, 2.75) is 10.8 Å². The van der Waals surface area contributed by atoms with E-state index in [-0.39, 0.29) is 21.9 Å². The molecule has 122 valence electrons. The largest absolute Gasteiger partial charge is 0.478 e. The molecule has 0 aliphatic rings. The molecular formula is C15H13F3N2O2S. The fourth-order valence-corrected chi connectivity index (χ4v) is 2.91. The highest BCUT2D eigenvalue weighted by Crippen LogP contribution is 2.31. The third kappa shape index (κ3) is 3.58. The number of hydrogen-bond acceptors (Lipinski definition) is 4. The molecule has 8 heteroatoms. The molecule has 1 N–H and O–H groups in total. The number of pyridine rings is 1. The van der Waals surface area contributed by atoms with Crippen LogP contribution in [0.1, 0.15) is 15.9 Å². The second-order valence-corrected chi connectivity index (χ2v) is 5.80. The van der Waals surface area contributed by atoms with Crippen molar-refractivity contribution >= 4 is 23.4 Å². The van der Waals surface area contributed by atoms with Crippen molar-refractivity contribution in [2.75, 3.05) is 19.0 Å². The monoisotopic (exact) mass is 342 g/mol. The van der Waals surface area contributed by atoms with Gasteiger partial charge in [-0.2, -0.15) is 0 Å². The van der Waals surface area contributed by atoms with Gasteiger partial charge < -0.3 is 10.0 Å². The van der Waals surface area contributed by atoms with E-state index in [1.807, 2.05) is 0 Å². The number of halogens is 3. The lowest BCUT2D eigenvalue weighted by molar-refractivity contribution is 0.0692. The molecule has 2 rings (SSSR count). The molecular weight excluding hydrogens is 329 g/mol. The minimum absolute atomic E-state index is 0.0521. The van der Waals surface area contributed by atoms with Gasteiger partial charge in [0.15, 0.2) is 11.6 Å². The molecule has 23 heavy (non-hydrogen) atoms. The number of rotatable bonds is 5. The van der Waals surface area contributed by atoms with Crippen molar-refractivity contribution in [3.05, 3.63) is 53.0 Å². The molecule has 0 saturated carbocycles. The van der Waals surface area contributed by atoms with Gasteiger partial charge in [0.25, 0.3) is 0 Å². The summed E-state index contributed by atoms with van der Waals surface area (Å²) < 4.78 is 41.9. The highest BCUT2D eigenvalue weighted by molar-refractivity contribution is 7.98. The summed E-state index contributed by atoms with van der Waals surface area (Å²) in [6, 6.07) is 3.72. The summed E-state index contributed by atoms with van der Waals surface area (Å²) in [7, 11) is 2.81. The zero-order valence-corrected chi connectivity index (χ0v) is 13.1. The van der Waals surface area contributed by atoms with Gasteiger partial charge in [-0.25, -0.2) is 22.9 Å². The molecule has 0 fully saturated rings. The van der Waals surface area contributed by atoms with Crippen LogP contribution in [0, 0.1) is 17.5 Å². The van der Waals surface area contributed by atoms with Crippen LogP contribution in [0.4, 0.5) is 18.9 Å². The normalized spacial score (nSPS) is 10.7. The van der Waals surface area contributed by atoms with Crippen LogP contribution in [0.15, 0.2) is 29.4 Å². The van der Waals surface area contributed by atoms with E-state index in [2.05, 4.69) is 4.98 Å². The third-order valence-corrected chi connectivity index (χ3v) is 4.08. The quantitative estimate of drug-likeness (QED) is 0.665. The van der Waals surface area contributed by atoms with Gasteiger partial charge in [-0.15, -0.1) is 11.8 Å². The molecule has 0 amide bonds. The molecule has 4 nitrogen and oxygen atoms in total. The van der Waals surface area contributed by atoms with Gasteiger partial charge in [0, 0.05) is 31.6 Å². The number of anilines is 1. The van der Waals surface area contributed by atoms with Gasteiger partial charge in [0.2, 0.25) is 0 Å². The Morgan fingerprint density at radius 1 is 1.30 bits per heavy atom. The Morgan fingerprint density at radius 2 is 2.00 bits per heavy atom. The molecule has 0 aliphatic heterocycles. The summed E-state index contributed by atoms with van der Waals surface area (Å²) in [6.07, 6.45) is 1.39. The van der Waals surface area contributed by atoms with E-state index >= 15 is 0 Å². The molecule has 0 bridgehead atoms. The van der Waals surface area contributed by atoms with Gasteiger partial charge in [0.1, 0.15) is 16.5 Å². The zero-order valence-electron chi connectivity index (χ0n) is 12.3. The molecule has 1 aromatic heterocycles. The number of carboxylic acids is 1. The summed E-state index contributed by atoms with van der Waals surface area (Å²) >= 11 is 0.895. The van der Waals surface area contributed by atoms with Crippen LogP contribution in [0.25, 0.3) is 0 Å². The van der Waals surface area contributed by atoms with Gasteiger partial charge in [-0.05, 0) is 18.2 Å². The molecule has 2 aromatic rings. The molecule has 0 saturated heterocycles. The SMILES string of the molecule is CN(C)c1c(F)cc(CSc2ncccc2C(=O)O)c(F)c1F. The Hall–Kier alpha value is -2.22. The van der Waals surface area contributed by atoms with E-state index in [1.165, 1.54) is 32.4 Å². The molecule has 1 heterocycles. The van der Waals surface area contributed by atoms with Gasteiger partial charge in [-0.3, -0.25) is 0 Å². The Morgan fingerprint density at radius 3 is 2.61 bits per heavy atom. The highest BCUT2D eigenvalue weighted by atomic mass is 32.2. The lowest BCUT2D eigenvalue weighted by Gasteiger charge is -2.16. The number of aromatic nitrogens is 1. The van der Waals surface area contributed by atoms with E-state index in [0.717, 1.165) is 22.7 Å². The van der Waals surface area contributed by atoms with Crippen LogP contribution in [0.2, 0.25) is 0 Å². The third-order valence-electron chi connectivity index (χ3n) is 3.02. The maximum atomic E-state index is 14.0. The van der Waals surface area contributed by atoms with Gasteiger partial charge in [-0.1, -0.05) is 0 Å². The predicted molar refractivity (Wildman–Crippen MR) is 81.4 cm³/mol. The molecule has 1 aromatic carbocycles. The van der Waals surface area contributed by atoms with Crippen LogP contribution >= 0.6 is 11.8 Å². The van der Waals surface area contributed by atoms with Crippen molar-refractivity contribution in [2.24, 2.45) is 0 Å². The fourth-order valence-electron chi connectivity index (χ4n) is 1.96. The van der Waals surface area contributed by atoms with E-state index < -0.39 is 29.1 Å². The van der Waals surface area contributed by atoms with Gasteiger partial charge >= 0.3 is 5.97 Å². The van der Waals surface area contributed by atoms with Crippen LogP contribution in [-0.4, -0.2) is 30.2 Å². The number of carboxylic acid groups (broad SMARTS) is 1. The predicted octanol–water partition coefficient (Wildman–Crippen LogP) is 3.56. The maximum absolute atomic E-state index is 14.0. The Balaban J connectivity index is 2.31. The first-order valence-corrected chi connectivity index (χ1v) is 7.46. The maximum Gasteiger partial charge on any atom is 0.338 e. The summed E-state index contributed by atoms with van der Waals surface area (Å²) in [6.45, 7) is 0. The summed E-state index contributed by atoms with van der Waals surface area (Å²) in [5.41, 5.74) is -0.707. The summed E-state index contributed by atoms with van der Waals surface area (Å²) in [5.74, 6) is -4.64. The first kappa shape index (κ1) is 17.1. The van der Waals surface area contributed by atoms with E-state index in [4.69, 9.17) is 5.11 Å². The number of nitrogens with zero attached hydrogens (tertiary/aromatic N) is 2. The highest BCUT2D eigenvalue weighted by Gasteiger charge is 2.21. The van der Waals surface area contributed by atoms with E-state index in [0.29, 0.717) is 0 Å². The first-order valence-electron chi connectivity index (χ1n) is 6.47. The zero-order chi connectivity index (χ0) is 17.1. The number of hydrogen-bond donors (Lipinski definition) is 1. The minimum atomic E-state index is -1.27. The summed E-state index contributed by atoms with van der Waals surface area (Å²) in [4.78, 5) is 16.1. The average molecular weight is 342 g/mol. The number of thioether (sulfide) groups is 1. The van der Waals surface area contributed by atoms with E-state index in [9.17, 15) is 18.0 Å². The Kier molecular flexibility index (Phi) is 5.15. The van der Waals surface area contributed by atoms with Crippen LogP contribution in [0.3, 0.4) is 0 Å². The fraction of sp³-hybridized carbons (Fsp3) is 0.200. The first-order chi connectivity index (χ1) is 10.8. The molecule has 0 radical (unpaired) electrons. The topological polar surface area (TPSA) is 53.4 Å². The molecule has 0 unspecified atom stereocenters. The van der Waals surface area contributed by atoms with Crippen LogP contribution < -0.4 is 4.90 Å². The van der Waals surface area contributed by atoms with E-state index in [1.54, 1.807) is 0 Å². The lowest BCUT2D eigenvalue weighted by atomic mass is 10.2. The van der Waals surface area contributed by atoms with Crippen molar-refractivity contribution in [1.82, 2.24) is 4.98 Å². The Bertz CT molecular complexity index is 754. The standard InChI is InChI=1S/C15H13F3N2O2S/c1-20(2)13-10(16)6-8(11(17)12(13)18)7-23-14-9(15(21)22)4-3-5-19-14/h3-6H,7H2,1-2H3,(H,21,22). The number of aromatic carboxylic acids is 1. The van der Waals surface area contributed by atoms with Crippen molar-refractivity contribution in [3.8, 4) is 0 Å². The van der Waals surface area contributed by atoms with Crippen molar-refractivity contribution in [3.63, 3.8) is 0 Å². The van der Waals surface area contributed by atoms with Gasteiger partial charge in [0.05, 0.1) is 5.56 Å². The van der Waals surface area contributed by atoms with Crippen molar-refractivity contribution < 1.29 is 23.1 Å². The second-order valence-electron chi connectivity index (χ2n) is 4.84. The molecule has 0 atom stereocenters. The smallest absolute Gasteiger partial charge is 0.338 e. The minimum Gasteiger partial charge on any atom is -0.478 e. The molecule has 0 aliphatic carbocycles.